The molecular weight excluding hydrogens is 522 g/mol. The zero-order valence-electron chi connectivity index (χ0n) is 18.3. The van der Waals surface area contributed by atoms with Gasteiger partial charge in [-0.1, -0.05) is 45.9 Å². The number of hydrogen-bond acceptors (Lipinski definition) is 7. The van der Waals surface area contributed by atoms with Crippen molar-refractivity contribution in [2.75, 3.05) is 11.1 Å². The van der Waals surface area contributed by atoms with Crippen LogP contribution in [0.4, 0.5) is 5.13 Å². The van der Waals surface area contributed by atoms with E-state index >= 15 is 0 Å². The predicted molar refractivity (Wildman–Crippen MR) is 136 cm³/mol. The van der Waals surface area contributed by atoms with Crippen LogP contribution in [0.25, 0.3) is 11.3 Å². The number of rotatable bonds is 8. The molecule has 0 saturated carbocycles. The molecule has 10 heteroatoms. The number of aromatic nitrogens is 4. The molecule has 0 spiro atoms. The van der Waals surface area contributed by atoms with Gasteiger partial charge in [-0.25, -0.2) is 4.98 Å². The number of thiazole rings is 1. The second kappa shape index (κ2) is 10.5. The first-order chi connectivity index (χ1) is 15.9. The number of nitrogens with zero attached hydrogens (tertiary/aromatic N) is 4. The lowest BCUT2D eigenvalue weighted by atomic mass is 10.1. The van der Waals surface area contributed by atoms with Gasteiger partial charge in [0.05, 0.1) is 11.4 Å². The first-order valence-corrected chi connectivity index (χ1v) is 12.8. The minimum Gasteiger partial charge on any atom is -0.486 e. The minimum atomic E-state index is -0.146. The largest absolute Gasteiger partial charge is 0.486 e. The van der Waals surface area contributed by atoms with E-state index in [4.69, 9.17) is 4.74 Å². The molecule has 1 amide bonds. The number of aryl methyl sites for hydroxylation is 2. The molecule has 2 aromatic heterocycles. The van der Waals surface area contributed by atoms with Gasteiger partial charge in [0, 0.05) is 22.5 Å². The van der Waals surface area contributed by atoms with Gasteiger partial charge >= 0.3 is 0 Å². The Morgan fingerprint density at radius 2 is 1.88 bits per heavy atom. The highest BCUT2D eigenvalue weighted by Gasteiger charge is 2.14. The van der Waals surface area contributed by atoms with E-state index in [1.807, 2.05) is 67.2 Å². The zero-order chi connectivity index (χ0) is 23.4. The summed E-state index contributed by atoms with van der Waals surface area (Å²) in [6, 6.07) is 14.0. The Labute approximate surface area is 208 Å². The SMILES string of the molecule is Cc1cc(C)cc(OCc2nnc(SCC(=O)Nc3nc(-c4ccc(Br)cc4)cs3)n2C)c1. The van der Waals surface area contributed by atoms with Crippen LogP contribution in [0.5, 0.6) is 5.75 Å². The van der Waals surface area contributed by atoms with Crippen LogP contribution in [0, 0.1) is 13.8 Å². The summed E-state index contributed by atoms with van der Waals surface area (Å²) in [5.74, 6) is 1.55. The summed E-state index contributed by atoms with van der Waals surface area (Å²) >= 11 is 6.15. The number of ether oxygens (including phenoxy) is 1. The van der Waals surface area contributed by atoms with E-state index in [9.17, 15) is 4.79 Å². The number of halogens is 1. The van der Waals surface area contributed by atoms with Crippen molar-refractivity contribution in [3.63, 3.8) is 0 Å². The number of nitrogens with one attached hydrogen (secondary N) is 1. The van der Waals surface area contributed by atoms with Crippen LogP contribution >= 0.6 is 39.0 Å². The van der Waals surface area contributed by atoms with Crippen molar-refractivity contribution >= 4 is 50.1 Å². The van der Waals surface area contributed by atoms with E-state index < -0.39 is 0 Å². The van der Waals surface area contributed by atoms with Crippen molar-refractivity contribution in [2.45, 2.75) is 25.6 Å². The fraction of sp³-hybridized carbons (Fsp3) is 0.217. The van der Waals surface area contributed by atoms with Crippen molar-refractivity contribution in [3.05, 3.63) is 69.3 Å². The summed E-state index contributed by atoms with van der Waals surface area (Å²) < 4.78 is 8.73. The Morgan fingerprint density at radius 3 is 2.61 bits per heavy atom. The third-order valence-electron chi connectivity index (χ3n) is 4.71. The third-order valence-corrected chi connectivity index (χ3v) is 7.02. The van der Waals surface area contributed by atoms with Gasteiger partial charge in [0.1, 0.15) is 12.4 Å². The third kappa shape index (κ3) is 6.21. The first-order valence-electron chi connectivity index (χ1n) is 10.1. The molecule has 0 unspecified atom stereocenters. The zero-order valence-corrected chi connectivity index (χ0v) is 21.6. The Balaban J connectivity index is 1.30. The van der Waals surface area contributed by atoms with E-state index in [0.717, 1.165) is 32.6 Å². The summed E-state index contributed by atoms with van der Waals surface area (Å²) in [6.07, 6.45) is 0. The molecule has 170 valence electrons. The van der Waals surface area contributed by atoms with E-state index in [1.54, 1.807) is 0 Å². The number of anilines is 1. The summed E-state index contributed by atoms with van der Waals surface area (Å²) in [5, 5.41) is 14.4. The Bertz CT molecular complexity index is 1250. The minimum absolute atomic E-state index is 0.146. The van der Waals surface area contributed by atoms with Crippen LogP contribution in [0.15, 0.2) is 57.5 Å². The molecule has 0 radical (unpaired) electrons. The van der Waals surface area contributed by atoms with Gasteiger partial charge in [-0.05, 0) is 49.2 Å². The highest BCUT2D eigenvalue weighted by molar-refractivity contribution is 9.10. The van der Waals surface area contributed by atoms with E-state index in [0.29, 0.717) is 22.7 Å². The van der Waals surface area contributed by atoms with Gasteiger partial charge in [-0.15, -0.1) is 21.5 Å². The van der Waals surface area contributed by atoms with Gasteiger partial charge in [0.15, 0.2) is 16.1 Å². The van der Waals surface area contributed by atoms with Crippen LogP contribution in [0.2, 0.25) is 0 Å². The van der Waals surface area contributed by atoms with Gasteiger partial charge in [-0.3, -0.25) is 4.79 Å². The standard InChI is InChI=1S/C23H22BrN5O2S2/c1-14-8-15(2)10-18(9-14)31-11-20-27-28-23(29(20)3)33-13-21(30)26-22-25-19(12-32-22)16-4-6-17(24)7-5-16/h4-10,12H,11,13H2,1-3H3,(H,25,26,30). The van der Waals surface area contributed by atoms with Crippen LogP contribution in [0.1, 0.15) is 17.0 Å². The number of hydrogen-bond donors (Lipinski definition) is 1. The lowest BCUT2D eigenvalue weighted by Crippen LogP contribution is -2.14. The number of carbonyl (C=O) groups excluding carboxylic acids is 1. The molecule has 2 heterocycles. The smallest absolute Gasteiger partial charge is 0.236 e. The van der Waals surface area contributed by atoms with E-state index in [-0.39, 0.29) is 11.7 Å². The van der Waals surface area contributed by atoms with Gasteiger partial charge in [0.25, 0.3) is 0 Å². The topological polar surface area (TPSA) is 81.9 Å². The lowest BCUT2D eigenvalue weighted by Gasteiger charge is -2.08. The summed E-state index contributed by atoms with van der Waals surface area (Å²) in [4.78, 5) is 16.9. The molecule has 1 N–H and O–H groups in total. The number of amides is 1. The molecule has 0 aliphatic carbocycles. The van der Waals surface area contributed by atoms with E-state index in [1.165, 1.54) is 23.1 Å². The summed E-state index contributed by atoms with van der Waals surface area (Å²) in [6.45, 7) is 4.38. The van der Waals surface area contributed by atoms with Crippen molar-refractivity contribution in [1.82, 2.24) is 19.7 Å². The van der Waals surface area contributed by atoms with Crippen molar-refractivity contribution in [3.8, 4) is 17.0 Å². The Hall–Kier alpha value is -2.69. The Kier molecular flexibility index (Phi) is 7.46. The summed E-state index contributed by atoms with van der Waals surface area (Å²) in [7, 11) is 1.87. The maximum Gasteiger partial charge on any atom is 0.236 e. The molecule has 0 fully saturated rings. The van der Waals surface area contributed by atoms with Crippen LogP contribution in [-0.2, 0) is 18.4 Å². The molecule has 33 heavy (non-hydrogen) atoms. The molecule has 0 aliphatic rings. The van der Waals surface area contributed by atoms with Crippen molar-refractivity contribution in [1.29, 1.82) is 0 Å². The van der Waals surface area contributed by atoms with Crippen molar-refractivity contribution in [2.24, 2.45) is 7.05 Å². The predicted octanol–water partition coefficient (Wildman–Crippen LogP) is 5.63. The molecule has 0 saturated heterocycles. The van der Waals surface area contributed by atoms with Gasteiger partial charge in [-0.2, -0.15) is 0 Å². The first kappa shape index (κ1) is 23.5. The van der Waals surface area contributed by atoms with Crippen molar-refractivity contribution < 1.29 is 9.53 Å². The summed E-state index contributed by atoms with van der Waals surface area (Å²) in [5.41, 5.74) is 4.13. The number of benzene rings is 2. The molecular formula is C23H22BrN5O2S2. The fourth-order valence-corrected chi connectivity index (χ4v) is 4.86. The monoisotopic (exact) mass is 543 g/mol. The lowest BCUT2D eigenvalue weighted by molar-refractivity contribution is -0.113. The average molecular weight is 544 g/mol. The molecule has 0 bridgehead atoms. The normalized spacial score (nSPS) is 10.9. The molecule has 7 nitrogen and oxygen atoms in total. The molecule has 2 aromatic carbocycles. The van der Waals surface area contributed by atoms with Crippen LogP contribution in [-0.4, -0.2) is 31.4 Å². The fourth-order valence-electron chi connectivity index (χ4n) is 3.13. The van der Waals surface area contributed by atoms with Crippen LogP contribution in [0.3, 0.4) is 0 Å². The number of carbonyl (C=O) groups is 1. The molecule has 4 rings (SSSR count). The molecule has 0 atom stereocenters. The second-order valence-electron chi connectivity index (χ2n) is 7.45. The second-order valence-corrected chi connectivity index (χ2v) is 10.2. The average Bonchev–Trinajstić information content (AvgIpc) is 3.37. The maximum absolute atomic E-state index is 12.4. The maximum atomic E-state index is 12.4. The highest BCUT2D eigenvalue weighted by Crippen LogP contribution is 2.26. The van der Waals surface area contributed by atoms with Crippen LogP contribution < -0.4 is 10.1 Å². The Morgan fingerprint density at radius 1 is 1.15 bits per heavy atom. The molecule has 4 aromatic rings. The van der Waals surface area contributed by atoms with Gasteiger partial charge in [0.2, 0.25) is 5.91 Å². The quantitative estimate of drug-likeness (QED) is 0.290. The van der Waals surface area contributed by atoms with E-state index in [2.05, 4.69) is 42.5 Å². The highest BCUT2D eigenvalue weighted by atomic mass is 79.9. The van der Waals surface area contributed by atoms with Gasteiger partial charge < -0.3 is 14.6 Å². The molecule has 0 aliphatic heterocycles. The number of thioether (sulfide) groups is 1.